The van der Waals surface area contributed by atoms with E-state index in [1.165, 1.54) is 0 Å². The van der Waals surface area contributed by atoms with Crippen LogP contribution in [0.5, 0.6) is 5.75 Å². The number of hydrogen-bond acceptors (Lipinski definition) is 5. The molecule has 1 saturated heterocycles. The van der Waals surface area contributed by atoms with Crippen LogP contribution in [0.1, 0.15) is 0 Å². The Balaban J connectivity index is 2.00. The van der Waals surface area contributed by atoms with E-state index in [2.05, 4.69) is 9.88 Å². The molecule has 2 aromatic rings. The van der Waals surface area contributed by atoms with Gasteiger partial charge in [-0.15, -0.1) is 0 Å². The molecule has 0 spiro atoms. The summed E-state index contributed by atoms with van der Waals surface area (Å²) in [5.74, 6) is 0.902. The Morgan fingerprint density at radius 3 is 2.94 bits per heavy atom. The van der Waals surface area contributed by atoms with Crippen molar-refractivity contribution in [2.75, 3.05) is 38.3 Å². The molecule has 90 valence electrons. The van der Waals surface area contributed by atoms with Gasteiger partial charge in [0.05, 0.1) is 30.5 Å². The van der Waals surface area contributed by atoms with E-state index in [9.17, 15) is 0 Å². The Morgan fingerprint density at radius 2 is 2.18 bits per heavy atom. The lowest BCUT2D eigenvalue weighted by atomic mass is 10.3. The maximum absolute atomic E-state index is 5.36. The number of nitrogens with zero attached hydrogens (tertiary/aromatic N) is 2. The third-order valence-electron chi connectivity index (χ3n) is 2.87. The summed E-state index contributed by atoms with van der Waals surface area (Å²) in [6.45, 7) is 3.41. The van der Waals surface area contributed by atoms with E-state index in [1.807, 2.05) is 18.2 Å². The number of morpholine rings is 1. The minimum Gasteiger partial charge on any atom is -0.495 e. The molecular weight excluding hydrogens is 236 g/mol. The number of anilines is 1. The van der Waals surface area contributed by atoms with Crippen LogP contribution in [-0.2, 0) is 4.74 Å². The number of aromatic nitrogens is 1. The molecule has 1 aliphatic heterocycles. The third-order valence-corrected chi connectivity index (χ3v) is 4.02. The van der Waals surface area contributed by atoms with E-state index < -0.39 is 0 Å². The molecule has 1 aliphatic rings. The van der Waals surface area contributed by atoms with Gasteiger partial charge in [-0.1, -0.05) is 17.4 Å². The predicted octanol–water partition coefficient (Wildman–Crippen LogP) is 2.14. The molecule has 0 N–H and O–H groups in total. The van der Waals surface area contributed by atoms with E-state index in [4.69, 9.17) is 9.47 Å². The molecule has 5 heteroatoms. The van der Waals surface area contributed by atoms with Gasteiger partial charge in [0, 0.05) is 13.1 Å². The Kier molecular flexibility index (Phi) is 2.86. The first-order valence-corrected chi connectivity index (χ1v) is 6.46. The van der Waals surface area contributed by atoms with Gasteiger partial charge in [0.25, 0.3) is 0 Å². The summed E-state index contributed by atoms with van der Waals surface area (Å²) >= 11 is 1.69. The lowest BCUT2D eigenvalue weighted by Crippen LogP contribution is -2.36. The lowest BCUT2D eigenvalue weighted by molar-refractivity contribution is 0.122. The van der Waals surface area contributed by atoms with Crippen molar-refractivity contribution in [1.82, 2.24) is 4.98 Å². The molecule has 1 fully saturated rings. The van der Waals surface area contributed by atoms with Gasteiger partial charge in [-0.25, -0.2) is 4.98 Å². The van der Waals surface area contributed by atoms with E-state index in [0.29, 0.717) is 0 Å². The maximum atomic E-state index is 5.36. The van der Waals surface area contributed by atoms with Crippen LogP contribution in [-0.4, -0.2) is 38.4 Å². The van der Waals surface area contributed by atoms with Crippen LogP contribution in [0.15, 0.2) is 18.2 Å². The molecule has 1 aromatic carbocycles. The van der Waals surface area contributed by atoms with Gasteiger partial charge in [-0.3, -0.25) is 0 Å². The van der Waals surface area contributed by atoms with Crippen LogP contribution >= 0.6 is 11.3 Å². The van der Waals surface area contributed by atoms with Gasteiger partial charge in [-0.05, 0) is 12.1 Å². The molecule has 3 rings (SSSR count). The highest BCUT2D eigenvalue weighted by Crippen LogP contribution is 2.35. The van der Waals surface area contributed by atoms with Crippen molar-refractivity contribution in [3.8, 4) is 5.75 Å². The predicted molar refractivity (Wildman–Crippen MR) is 69.2 cm³/mol. The fraction of sp³-hybridized carbons (Fsp3) is 0.417. The van der Waals surface area contributed by atoms with Crippen molar-refractivity contribution in [3.63, 3.8) is 0 Å². The number of thiazole rings is 1. The highest BCUT2D eigenvalue weighted by atomic mass is 32.1. The summed E-state index contributed by atoms with van der Waals surface area (Å²) in [6.07, 6.45) is 0. The second-order valence-corrected chi connectivity index (χ2v) is 4.88. The maximum Gasteiger partial charge on any atom is 0.186 e. The molecule has 0 atom stereocenters. The van der Waals surface area contributed by atoms with Crippen LogP contribution in [0.2, 0.25) is 0 Å². The number of methoxy groups -OCH3 is 1. The molecule has 0 radical (unpaired) electrons. The summed E-state index contributed by atoms with van der Waals surface area (Å²) in [7, 11) is 1.70. The highest BCUT2D eigenvalue weighted by molar-refractivity contribution is 7.22. The first-order valence-electron chi connectivity index (χ1n) is 5.65. The summed E-state index contributed by atoms with van der Waals surface area (Å²) < 4.78 is 11.8. The molecule has 0 bridgehead atoms. The Hall–Kier alpha value is -1.33. The number of hydrogen-bond donors (Lipinski definition) is 0. The van der Waals surface area contributed by atoms with Gasteiger partial charge in [0.1, 0.15) is 5.75 Å². The van der Waals surface area contributed by atoms with Gasteiger partial charge in [-0.2, -0.15) is 0 Å². The van der Waals surface area contributed by atoms with E-state index in [1.54, 1.807) is 18.4 Å². The SMILES string of the molecule is COc1cccc2nc(N3CCOCC3)sc12. The first kappa shape index (κ1) is 10.8. The summed E-state index contributed by atoms with van der Waals surface area (Å²) in [4.78, 5) is 6.93. The van der Waals surface area contributed by atoms with Crippen LogP contribution < -0.4 is 9.64 Å². The second-order valence-electron chi connectivity index (χ2n) is 3.90. The van der Waals surface area contributed by atoms with Crippen LogP contribution in [0, 0.1) is 0 Å². The molecule has 2 heterocycles. The quantitative estimate of drug-likeness (QED) is 0.818. The first-order chi connectivity index (χ1) is 8.38. The van der Waals surface area contributed by atoms with E-state index in [0.717, 1.165) is 47.4 Å². The number of ether oxygens (including phenoxy) is 2. The average Bonchev–Trinajstić information content (AvgIpc) is 2.83. The average molecular weight is 250 g/mol. The largest absolute Gasteiger partial charge is 0.495 e. The smallest absolute Gasteiger partial charge is 0.186 e. The lowest BCUT2D eigenvalue weighted by Gasteiger charge is -2.25. The Labute approximate surface area is 104 Å². The van der Waals surface area contributed by atoms with Crippen molar-refractivity contribution in [1.29, 1.82) is 0 Å². The van der Waals surface area contributed by atoms with Crippen LogP contribution in [0.3, 0.4) is 0 Å². The molecule has 4 nitrogen and oxygen atoms in total. The zero-order chi connectivity index (χ0) is 11.7. The summed E-state index contributed by atoms with van der Waals surface area (Å²) in [5.41, 5.74) is 1.01. The molecule has 0 aliphatic carbocycles. The monoisotopic (exact) mass is 250 g/mol. The highest BCUT2D eigenvalue weighted by Gasteiger charge is 2.16. The van der Waals surface area contributed by atoms with Crippen LogP contribution in [0.4, 0.5) is 5.13 Å². The minimum absolute atomic E-state index is 0.785. The van der Waals surface area contributed by atoms with Gasteiger partial charge in [0.15, 0.2) is 5.13 Å². The Morgan fingerprint density at radius 1 is 1.35 bits per heavy atom. The second kappa shape index (κ2) is 4.50. The van der Waals surface area contributed by atoms with Gasteiger partial charge in [0.2, 0.25) is 0 Å². The normalized spacial score (nSPS) is 16.4. The standard InChI is InChI=1S/C12H14N2O2S/c1-15-10-4-2-3-9-11(10)17-12(13-9)14-5-7-16-8-6-14/h2-4H,5-8H2,1H3. The van der Waals surface area contributed by atoms with E-state index in [-0.39, 0.29) is 0 Å². The molecule has 0 unspecified atom stereocenters. The van der Waals surface area contributed by atoms with Crippen molar-refractivity contribution in [2.24, 2.45) is 0 Å². The topological polar surface area (TPSA) is 34.6 Å². The van der Waals surface area contributed by atoms with E-state index >= 15 is 0 Å². The summed E-state index contributed by atoms with van der Waals surface area (Å²) in [6, 6.07) is 5.98. The molecule has 0 saturated carbocycles. The fourth-order valence-corrected chi connectivity index (χ4v) is 3.07. The fourth-order valence-electron chi connectivity index (χ4n) is 1.96. The minimum atomic E-state index is 0.785. The zero-order valence-electron chi connectivity index (χ0n) is 9.68. The third kappa shape index (κ3) is 1.96. The number of fused-ring (bicyclic) bond motifs is 1. The molecule has 0 amide bonds. The molecule has 1 aromatic heterocycles. The van der Waals surface area contributed by atoms with Gasteiger partial charge >= 0.3 is 0 Å². The van der Waals surface area contributed by atoms with Crippen LogP contribution in [0.25, 0.3) is 10.2 Å². The van der Waals surface area contributed by atoms with Gasteiger partial charge < -0.3 is 14.4 Å². The van der Waals surface area contributed by atoms with Crippen molar-refractivity contribution < 1.29 is 9.47 Å². The molecular formula is C12H14N2O2S. The number of benzene rings is 1. The molecule has 17 heavy (non-hydrogen) atoms. The van der Waals surface area contributed by atoms with Crippen molar-refractivity contribution >= 4 is 26.7 Å². The Bertz CT molecular complexity index is 520. The summed E-state index contributed by atoms with van der Waals surface area (Å²) in [5, 5.41) is 1.06. The number of rotatable bonds is 2. The zero-order valence-corrected chi connectivity index (χ0v) is 10.5. The van der Waals surface area contributed by atoms with Crippen molar-refractivity contribution in [3.05, 3.63) is 18.2 Å². The van der Waals surface area contributed by atoms with Crippen molar-refractivity contribution in [2.45, 2.75) is 0 Å².